The summed E-state index contributed by atoms with van der Waals surface area (Å²) >= 11 is 0. The van der Waals surface area contributed by atoms with Crippen LogP contribution in [0.1, 0.15) is 49.4 Å². The van der Waals surface area contributed by atoms with Crippen LogP contribution in [0.5, 0.6) is 11.6 Å². The summed E-state index contributed by atoms with van der Waals surface area (Å²) in [5.74, 6) is 2.28. The molecule has 0 radical (unpaired) electrons. The third-order valence-corrected chi connectivity index (χ3v) is 5.77. The van der Waals surface area contributed by atoms with Crippen LogP contribution in [-0.2, 0) is 0 Å². The molecule has 2 aromatic rings. The second kappa shape index (κ2) is 9.78. The summed E-state index contributed by atoms with van der Waals surface area (Å²) in [6.07, 6.45) is 6.25. The molecule has 0 N–H and O–H groups in total. The van der Waals surface area contributed by atoms with Crippen LogP contribution >= 0.6 is 0 Å². The molecule has 160 valence electrons. The maximum absolute atomic E-state index is 12.8. The number of amides is 1. The van der Waals surface area contributed by atoms with Gasteiger partial charge in [-0.2, -0.15) is 0 Å². The summed E-state index contributed by atoms with van der Waals surface area (Å²) in [5, 5.41) is 8.62. The molecular weight excluding hydrogens is 380 g/mol. The second-order valence-corrected chi connectivity index (χ2v) is 7.84. The highest BCUT2D eigenvalue weighted by atomic mass is 16.5. The molecule has 4 rings (SSSR count). The number of hydrogen-bond acceptors (Lipinski definition) is 6. The van der Waals surface area contributed by atoms with Crippen molar-refractivity contribution in [2.75, 3.05) is 37.7 Å². The minimum absolute atomic E-state index is 0.0556. The molecular formula is C23H30N4O3. The van der Waals surface area contributed by atoms with Crippen LogP contribution in [0.3, 0.4) is 0 Å². The number of rotatable bonds is 6. The van der Waals surface area contributed by atoms with E-state index < -0.39 is 0 Å². The Balaban J connectivity index is 1.29. The standard InChI is InChI=1S/C23H30N4O3/c1-2-29-19-10-8-18(9-11-19)23(28)27-16-14-26(15-17-27)21-12-13-22(25-24-21)30-20-6-4-3-5-7-20/h8-13,20H,2-7,14-17H2,1H3. The van der Waals surface area contributed by atoms with Gasteiger partial charge >= 0.3 is 0 Å². The Labute approximate surface area is 178 Å². The van der Waals surface area contributed by atoms with Gasteiger partial charge in [0.05, 0.1) is 6.61 Å². The molecule has 30 heavy (non-hydrogen) atoms. The monoisotopic (exact) mass is 410 g/mol. The summed E-state index contributed by atoms with van der Waals surface area (Å²) in [4.78, 5) is 16.8. The predicted molar refractivity (Wildman–Crippen MR) is 115 cm³/mol. The molecule has 1 saturated carbocycles. The van der Waals surface area contributed by atoms with Gasteiger partial charge in [-0.3, -0.25) is 4.79 Å². The Morgan fingerprint density at radius 1 is 0.967 bits per heavy atom. The average molecular weight is 411 g/mol. The number of aromatic nitrogens is 2. The fourth-order valence-corrected chi connectivity index (χ4v) is 4.08. The van der Waals surface area contributed by atoms with E-state index in [-0.39, 0.29) is 12.0 Å². The van der Waals surface area contributed by atoms with E-state index in [1.54, 1.807) is 0 Å². The van der Waals surface area contributed by atoms with E-state index in [0.29, 0.717) is 31.1 Å². The van der Waals surface area contributed by atoms with Crippen LogP contribution in [0.2, 0.25) is 0 Å². The number of piperazine rings is 1. The van der Waals surface area contributed by atoms with Crippen molar-refractivity contribution in [3.05, 3.63) is 42.0 Å². The number of carbonyl (C=O) groups is 1. The van der Waals surface area contributed by atoms with Gasteiger partial charge in [-0.25, -0.2) is 0 Å². The van der Waals surface area contributed by atoms with Gasteiger partial charge in [-0.15, -0.1) is 10.2 Å². The molecule has 2 aliphatic rings. The van der Waals surface area contributed by atoms with Crippen LogP contribution in [0.15, 0.2) is 36.4 Å². The third-order valence-electron chi connectivity index (χ3n) is 5.77. The molecule has 1 amide bonds. The number of hydrogen-bond donors (Lipinski definition) is 0. The summed E-state index contributed by atoms with van der Waals surface area (Å²) < 4.78 is 11.4. The first kappa shape index (κ1) is 20.4. The Bertz CT molecular complexity index is 811. The van der Waals surface area contributed by atoms with Crippen molar-refractivity contribution in [1.82, 2.24) is 15.1 Å². The Morgan fingerprint density at radius 2 is 1.70 bits per heavy atom. The summed E-state index contributed by atoms with van der Waals surface area (Å²) in [5.41, 5.74) is 0.691. The molecule has 1 aromatic heterocycles. The van der Waals surface area contributed by atoms with E-state index in [1.165, 1.54) is 19.3 Å². The first-order valence-corrected chi connectivity index (χ1v) is 11.0. The lowest BCUT2D eigenvalue weighted by Gasteiger charge is -2.35. The minimum Gasteiger partial charge on any atom is -0.494 e. The van der Waals surface area contributed by atoms with E-state index in [2.05, 4.69) is 15.1 Å². The maximum atomic E-state index is 12.8. The number of ether oxygens (including phenoxy) is 2. The number of benzene rings is 1. The van der Waals surface area contributed by atoms with Crippen LogP contribution in [0.4, 0.5) is 5.82 Å². The Kier molecular flexibility index (Phi) is 6.67. The minimum atomic E-state index is 0.0556. The second-order valence-electron chi connectivity index (χ2n) is 7.84. The Hall–Kier alpha value is -2.83. The van der Waals surface area contributed by atoms with Crippen LogP contribution in [0.25, 0.3) is 0 Å². The van der Waals surface area contributed by atoms with Gasteiger partial charge in [-0.05, 0) is 62.9 Å². The molecule has 2 heterocycles. The molecule has 1 aliphatic heterocycles. The molecule has 1 aromatic carbocycles. The number of carbonyl (C=O) groups excluding carboxylic acids is 1. The molecule has 1 aliphatic carbocycles. The van der Waals surface area contributed by atoms with E-state index in [9.17, 15) is 4.79 Å². The first-order valence-electron chi connectivity index (χ1n) is 11.0. The van der Waals surface area contributed by atoms with Gasteiger partial charge in [0.1, 0.15) is 11.9 Å². The van der Waals surface area contributed by atoms with Crippen LogP contribution in [-0.4, -0.2) is 59.9 Å². The number of nitrogens with zero attached hydrogens (tertiary/aromatic N) is 4. The van der Waals surface area contributed by atoms with Gasteiger partial charge in [-0.1, -0.05) is 6.42 Å². The highest BCUT2D eigenvalue weighted by Crippen LogP contribution is 2.23. The lowest BCUT2D eigenvalue weighted by Crippen LogP contribution is -2.49. The summed E-state index contributed by atoms with van der Waals surface area (Å²) in [6, 6.07) is 11.2. The molecule has 0 atom stereocenters. The SMILES string of the molecule is CCOc1ccc(C(=O)N2CCN(c3ccc(OC4CCCCC4)nn3)CC2)cc1. The summed E-state index contributed by atoms with van der Waals surface area (Å²) in [7, 11) is 0. The van der Waals surface area contributed by atoms with Crippen LogP contribution in [0, 0.1) is 0 Å². The van der Waals surface area contributed by atoms with Gasteiger partial charge in [0, 0.05) is 37.8 Å². The molecule has 0 unspecified atom stereocenters. The zero-order chi connectivity index (χ0) is 20.8. The number of anilines is 1. The third kappa shape index (κ3) is 5.01. The van der Waals surface area contributed by atoms with Crippen molar-refractivity contribution >= 4 is 11.7 Å². The highest BCUT2D eigenvalue weighted by Gasteiger charge is 2.23. The predicted octanol–water partition coefficient (Wildman–Crippen LogP) is 3.55. The highest BCUT2D eigenvalue weighted by molar-refractivity contribution is 5.94. The molecule has 7 nitrogen and oxygen atoms in total. The van der Waals surface area contributed by atoms with Crippen molar-refractivity contribution in [2.45, 2.75) is 45.1 Å². The van der Waals surface area contributed by atoms with E-state index >= 15 is 0 Å². The molecule has 0 bridgehead atoms. The first-order chi connectivity index (χ1) is 14.7. The lowest BCUT2D eigenvalue weighted by molar-refractivity contribution is 0.0746. The molecule has 7 heteroatoms. The van der Waals surface area contributed by atoms with Gasteiger partial charge in [0.2, 0.25) is 5.88 Å². The van der Waals surface area contributed by atoms with Gasteiger partial charge in [0.25, 0.3) is 5.91 Å². The van der Waals surface area contributed by atoms with Crippen LogP contribution < -0.4 is 14.4 Å². The van der Waals surface area contributed by atoms with Gasteiger partial charge < -0.3 is 19.3 Å². The van der Waals surface area contributed by atoms with Crippen molar-refractivity contribution in [1.29, 1.82) is 0 Å². The molecule has 2 fully saturated rings. The van der Waals surface area contributed by atoms with E-state index in [0.717, 1.165) is 37.5 Å². The zero-order valence-electron chi connectivity index (χ0n) is 17.6. The fraction of sp³-hybridized carbons (Fsp3) is 0.522. The Morgan fingerprint density at radius 3 is 2.33 bits per heavy atom. The molecule has 0 spiro atoms. The van der Waals surface area contributed by atoms with Gasteiger partial charge in [0.15, 0.2) is 5.82 Å². The topological polar surface area (TPSA) is 67.8 Å². The van der Waals surface area contributed by atoms with Crippen molar-refractivity contribution in [2.24, 2.45) is 0 Å². The lowest BCUT2D eigenvalue weighted by atomic mass is 9.98. The quantitative estimate of drug-likeness (QED) is 0.726. The van der Waals surface area contributed by atoms with E-state index in [1.807, 2.05) is 48.2 Å². The fourth-order valence-electron chi connectivity index (χ4n) is 4.08. The van der Waals surface area contributed by atoms with Crippen molar-refractivity contribution in [3.8, 4) is 11.6 Å². The zero-order valence-corrected chi connectivity index (χ0v) is 17.6. The maximum Gasteiger partial charge on any atom is 0.253 e. The van der Waals surface area contributed by atoms with E-state index in [4.69, 9.17) is 9.47 Å². The molecule has 1 saturated heterocycles. The van der Waals surface area contributed by atoms with Crippen molar-refractivity contribution < 1.29 is 14.3 Å². The summed E-state index contributed by atoms with van der Waals surface area (Å²) in [6.45, 7) is 5.36. The normalized spacial score (nSPS) is 17.6. The largest absolute Gasteiger partial charge is 0.494 e. The van der Waals surface area contributed by atoms with Crippen molar-refractivity contribution in [3.63, 3.8) is 0 Å². The average Bonchev–Trinajstić information content (AvgIpc) is 2.81. The smallest absolute Gasteiger partial charge is 0.253 e.